The molecule has 4 atom stereocenters. The molecule has 2 aromatic rings. The standard InChI is InChI=1S/C18H23FN8O/c1-18(7-4-8-28-18)13-10-25(24-21-13)17-23-22-15-11-5-2-3-6-12(11)26-14(27(15)17)9-20-16(26)19/h9-12,15,22H,2-8H2,1H3. The maximum absolute atomic E-state index is 14.6. The summed E-state index contributed by atoms with van der Waals surface area (Å²) in [6.45, 7) is 2.78. The van der Waals surface area contributed by atoms with Crippen LogP contribution >= 0.6 is 0 Å². The highest BCUT2D eigenvalue weighted by molar-refractivity contribution is 5.98. The molecule has 0 aromatic carbocycles. The number of hydrogen-bond acceptors (Lipinski definition) is 7. The molecule has 10 heteroatoms. The fourth-order valence-electron chi connectivity index (χ4n) is 5.28. The van der Waals surface area contributed by atoms with Gasteiger partial charge in [-0.2, -0.15) is 9.07 Å². The fraction of sp³-hybridized carbons (Fsp3) is 0.667. The fourth-order valence-corrected chi connectivity index (χ4v) is 5.28. The SMILES string of the molecule is CC1(c2cn(C3=NNC4C5CCCCC5n5c(cnc5F)N34)nn2)CCCO1. The van der Waals surface area contributed by atoms with Gasteiger partial charge in [-0.3, -0.25) is 14.9 Å². The number of nitrogens with one attached hydrogen (secondary N) is 1. The molecule has 4 unspecified atom stereocenters. The van der Waals surface area contributed by atoms with Gasteiger partial charge in [0.15, 0.2) is 0 Å². The zero-order valence-corrected chi connectivity index (χ0v) is 15.8. The normalized spacial score (nSPS) is 33.9. The molecule has 4 aliphatic rings. The first-order valence-electron chi connectivity index (χ1n) is 10.1. The van der Waals surface area contributed by atoms with Crippen LogP contribution in [0, 0.1) is 12.0 Å². The Balaban J connectivity index is 1.40. The van der Waals surface area contributed by atoms with Crippen LogP contribution in [0.2, 0.25) is 0 Å². The van der Waals surface area contributed by atoms with Gasteiger partial charge in [-0.25, -0.2) is 4.98 Å². The second kappa shape index (κ2) is 5.76. The average molecular weight is 386 g/mol. The highest BCUT2D eigenvalue weighted by atomic mass is 19.1. The minimum Gasteiger partial charge on any atom is -0.369 e. The predicted octanol–water partition coefficient (Wildman–Crippen LogP) is 1.94. The maximum atomic E-state index is 14.6. The van der Waals surface area contributed by atoms with Crippen molar-refractivity contribution in [3.8, 4) is 0 Å². The zero-order chi connectivity index (χ0) is 18.9. The molecular formula is C18H23FN8O. The van der Waals surface area contributed by atoms with Gasteiger partial charge in [-0.1, -0.05) is 18.1 Å². The third-order valence-electron chi connectivity index (χ3n) is 6.75. The maximum Gasteiger partial charge on any atom is 0.291 e. The second-order valence-corrected chi connectivity index (χ2v) is 8.36. The van der Waals surface area contributed by atoms with E-state index in [0.717, 1.165) is 56.6 Å². The van der Waals surface area contributed by atoms with E-state index < -0.39 is 11.7 Å². The summed E-state index contributed by atoms with van der Waals surface area (Å²) >= 11 is 0. The summed E-state index contributed by atoms with van der Waals surface area (Å²) in [6, 6.07) is 0.117. The summed E-state index contributed by atoms with van der Waals surface area (Å²) in [4.78, 5) is 5.98. The van der Waals surface area contributed by atoms with Crippen molar-refractivity contribution in [2.24, 2.45) is 11.0 Å². The van der Waals surface area contributed by atoms with E-state index in [0.29, 0.717) is 5.96 Å². The van der Waals surface area contributed by atoms with E-state index in [-0.39, 0.29) is 18.1 Å². The summed E-state index contributed by atoms with van der Waals surface area (Å²) in [6.07, 6.45) is 9.22. The van der Waals surface area contributed by atoms with Gasteiger partial charge in [0.1, 0.15) is 23.3 Å². The van der Waals surface area contributed by atoms with Crippen LogP contribution in [0.3, 0.4) is 0 Å². The van der Waals surface area contributed by atoms with Crippen molar-refractivity contribution in [1.29, 1.82) is 0 Å². The molecule has 1 saturated carbocycles. The topological polar surface area (TPSA) is 85.4 Å². The molecule has 2 aromatic heterocycles. The van der Waals surface area contributed by atoms with Gasteiger partial charge >= 0.3 is 0 Å². The minimum atomic E-state index is -0.428. The highest BCUT2D eigenvalue weighted by Gasteiger charge is 2.48. The van der Waals surface area contributed by atoms with Gasteiger partial charge in [0.05, 0.1) is 12.4 Å². The van der Waals surface area contributed by atoms with Crippen LogP contribution in [0.25, 0.3) is 0 Å². The first kappa shape index (κ1) is 16.5. The van der Waals surface area contributed by atoms with Crippen LogP contribution in [-0.4, -0.2) is 43.3 Å². The summed E-state index contributed by atoms with van der Waals surface area (Å²) in [5, 5.41) is 13.2. The Bertz CT molecular complexity index is 945. The Labute approximate surface area is 161 Å². The van der Waals surface area contributed by atoms with Crippen molar-refractivity contribution in [3.63, 3.8) is 0 Å². The molecular weight excluding hydrogens is 363 g/mol. The van der Waals surface area contributed by atoms with Crippen molar-refractivity contribution in [2.45, 2.75) is 63.3 Å². The van der Waals surface area contributed by atoms with Crippen molar-refractivity contribution in [2.75, 3.05) is 11.5 Å². The van der Waals surface area contributed by atoms with Gasteiger partial charge in [0.2, 0.25) is 0 Å². The number of nitrogens with zero attached hydrogens (tertiary/aromatic N) is 7. The average Bonchev–Trinajstić information content (AvgIpc) is 3.47. The van der Waals surface area contributed by atoms with E-state index in [4.69, 9.17) is 4.74 Å². The zero-order valence-electron chi connectivity index (χ0n) is 15.8. The quantitative estimate of drug-likeness (QED) is 0.806. The summed E-state index contributed by atoms with van der Waals surface area (Å²) in [5.74, 6) is 1.58. The molecule has 0 bridgehead atoms. The van der Waals surface area contributed by atoms with Gasteiger partial charge in [-0.05, 0) is 32.6 Å². The number of imidazole rings is 1. The van der Waals surface area contributed by atoms with E-state index in [1.807, 2.05) is 18.0 Å². The molecule has 0 radical (unpaired) electrons. The highest BCUT2D eigenvalue weighted by Crippen LogP contribution is 2.45. The molecule has 1 aliphatic carbocycles. The molecule has 0 amide bonds. The molecule has 5 heterocycles. The summed E-state index contributed by atoms with van der Waals surface area (Å²) in [7, 11) is 0. The number of halogens is 1. The van der Waals surface area contributed by atoms with E-state index in [1.54, 1.807) is 15.4 Å². The van der Waals surface area contributed by atoms with Crippen molar-refractivity contribution >= 4 is 11.8 Å². The van der Waals surface area contributed by atoms with Crippen molar-refractivity contribution in [1.82, 2.24) is 30.0 Å². The molecule has 1 saturated heterocycles. The summed E-state index contributed by atoms with van der Waals surface area (Å²) < 4.78 is 23.9. The van der Waals surface area contributed by atoms with Crippen LogP contribution in [0.5, 0.6) is 0 Å². The third kappa shape index (κ3) is 2.15. The number of hydrazone groups is 1. The van der Waals surface area contributed by atoms with Crippen LogP contribution in [0.1, 0.15) is 57.2 Å². The van der Waals surface area contributed by atoms with Gasteiger partial charge < -0.3 is 4.74 Å². The Hall–Kier alpha value is -2.49. The minimum absolute atomic E-state index is 0.0186. The molecule has 2 fully saturated rings. The predicted molar refractivity (Wildman–Crippen MR) is 98.0 cm³/mol. The molecule has 0 spiro atoms. The van der Waals surface area contributed by atoms with Gasteiger partial charge in [-0.15, -0.1) is 10.2 Å². The van der Waals surface area contributed by atoms with Crippen LogP contribution in [0.15, 0.2) is 17.5 Å². The number of fused-ring (bicyclic) bond motifs is 6. The van der Waals surface area contributed by atoms with Crippen LogP contribution in [-0.2, 0) is 10.3 Å². The van der Waals surface area contributed by atoms with Gasteiger partial charge in [0, 0.05) is 18.6 Å². The number of hydrogen-bond donors (Lipinski definition) is 1. The smallest absolute Gasteiger partial charge is 0.291 e. The first-order valence-corrected chi connectivity index (χ1v) is 10.1. The monoisotopic (exact) mass is 386 g/mol. The second-order valence-electron chi connectivity index (χ2n) is 8.36. The summed E-state index contributed by atoms with van der Waals surface area (Å²) in [5.41, 5.74) is 3.66. The van der Waals surface area contributed by atoms with E-state index >= 15 is 0 Å². The lowest BCUT2D eigenvalue weighted by atomic mass is 9.80. The molecule has 9 nitrogen and oxygen atoms in total. The number of ether oxygens (including phenoxy) is 1. The molecule has 6 rings (SSSR count). The van der Waals surface area contributed by atoms with Crippen LogP contribution < -0.4 is 10.3 Å². The number of aromatic nitrogens is 5. The third-order valence-corrected chi connectivity index (χ3v) is 6.75. The lowest BCUT2D eigenvalue weighted by Crippen LogP contribution is -2.55. The Morgan fingerprint density at radius 3 is 3.04 bits per heavy atom. The Morgan fingerprint density at radius 2 is 2.18 bits per heavy atom. The number of rotatable bonds is 1. The molecule has 1 N–H and O–H groups in total. The Kier molecular flexibility index (Phi) is 3.38. The largest absolute Gasteiger partial charge is 0.369 e. The van der Waals surface area contributed by atoms with E-state index in [9.17, 15) is 4.39 Å². The van der Waals surface area contributed by atoms with E-state index in [2.05, 4.69) is 25.8 Å². The van der Waals surface area contributed by atoms with Crippen molar-refractivity contribution < 1.29 is 9.13 Å². The first-order chi connectivity index (χ1) is 13.7. The van der Waals surface area contributed by atoms with Gasteiger partial charge in [0.25, 0.3) is 12.0 Å². The lowest BCUT2D eigenvalue weighted by Gasteiger charge is -2.45. The molecule has 28 heavy (non-hydrogen) atoms. The Morgan fingerprint density at radius 1 is 1.29 bits per heavy atom. The van der Waals surface area contributed by atoms with E-state index in [1.165, 1.54) is 0 Å². The molecule has 148 valence electrons. The number of anilines is 1. The lowest BCUT2D eigenvalue weighted by molar-refractivity contribution is 0.0131. The van der Waals surface area contributed by atoms with Crippen LogP contribution in [0.4, 0.5) is 10.2 Å². The molecule has 3 aliphatic heterocycles. The van der Waals surface area contributed by atoms with Crippen molar-refractivity contribution in [3.05, 3.63) is 24.2 Å².